The van der Waals surface area contributed by atoms with Gasteiger partial charge in [-0.25, -0.2) is 0 Å². The summed E-state index contributed by atoms with van der Waals surface area (Å²) in [6.45, 7) is 4.10. The number of amides is 2. The van der Waals surface area contributed by atoms with Crippen molar-refractivity contribution >= 4 is 11.8 Å². The molecule has 1 aromatic heterocycles. The van der Waals surface area contributed by atoms with E-state index in [0.717, 1.165) is 50.8 Å². The van der Waals surface area contributed by atoms with Crippen LogP contribution in [0.4, 0.5) is 0 Å². The lowest BCUT2D eigenvalue weighted by Crippen LogP contribution is -2.47. The van der Waals surface area contributed by atoms with Crippen molar-refractivity contribution in [1.29, 1.82) is 0 Å². The topological polar surface area (TPSA) is 54.8 Å². The molecule has 2 amide bonds. The Balaban J connectivity index is 1.53. The van der Waals surface area contributed by atoms with Crippen LogP contribution in [0.2, 0.25) is 0 Å². The highest BCUT2D eigenvalue weighted by Gasteiger charge is 2.29. The van der Waals surface area contributed by atoms with Gasteiger partial charge in [0, 0.05) is 36.6 Å². The average Bonchev–Trinajstić information content (AvgIpc) is 3.40. The smallest absolute Gasteiger partial charge is 0.254 e. The molecular formula is C32H41N3O3. The van der Waals surface area contributed by atoms with Crippen LogP contribution in [0.3, 0.4) is 0 Å². The summed E-state index contributed by atoms with van der Waals surface area (Å²) in [6, 6.07) is 21.9. The molecule has 0 spiro atoms. The first-order chi connectivity index (χ1) is 18.6. The third-order valence-corrected chi connectivity index (χ3v) is 7.52. The second-order valence-corrected chi connectivity index (χ2v) is 10.2. The number of hydrogen-bond acceptors (Lipinski definition) is 3. The van der Waals surface area contributed by atoms with Crippen LogP contribution in [0.5, 0.6) is 5.75 Å². The van der Waals surface area contributed by atoms with Gasteiger partial charge < -0.3 is 19.1 Å². The maximum atomic E-state index is 14.0. The van der Waals surface area contributed by atoms with Crippen molar-refractivity contribution in [3.63, 3.8) is 0 Å². The zero-order chi connectivity index (χ0) is 26.7. The van der Waals surface area contributed by atoms with Crippen LogP contribution in [-0.4, -0.2) is 52.4 Å². The number of carbonyl (C=O) groups excluding carboxylic acids is 2. The molecule has 0 N–H and O–H groups in total. The zero-order valence-electron chi connectivity index (χ0n) is 22.9. The van der Waals surface area contributed by atoms with Crippen molar-refractivity contribution in [1.82, 2.24) is 14.4 Å². The third-order valence-electron chi connectivity index (χ3n) is 7.52. The second-order valence-electron chi connectivity index (χ2n) is 10.2. The van der Waals surface area contributed by atoms with Gasteiger partial charge in [0.25, 0.3) is 5.91 Å². The molecule has 1 fully saturated rings. The van der Waals surface area contributed by atoms with E-state index in [0.29, 0.717) is 24.4 Å². The monoisotopic (exact) mass is 515 g/mol. The number of benzene rings is 2. The molecule has 3 aromatic rings. The van der Waals surface area contributed by atoms with E-state index in [1.165, 1.54) is 12.0 Å². The van der Waals surface area contributed by atoms with E-state index < -0.39 is 0 Å². The number of nitrogens with zero attached hydrogens (tertiary/aromatic N) is 3. The van der Waals surface area contributed by atoms with Gasteiger partial charge in [0.05, 0.1) is 13.7 Å². The van der Waals surface area contributed by atoms with Gasteiger partial charge in [0.1, 0.15) is 12.3 Å². The zero-order valence-corrected chi connectivity index (χ0v) is 22.9. The molecule has 1 aliphatic rings. The molecule has 202 valence electrons. The molecular weight excluding hydrogens is 474 g/mol. The van der Waals surface area contributed by atoms with Crippen LogP contribution in [-0.2, 0) is 17.9 Å². The van der Waals surface area contributed by atoms with Crippen molar-refractivity contribution in [3.8, 4) is 5.75 Å². The standard InChI is InChI=1S/C32H41N3O3/c1-3-4-21-34(32(37)27-17-19-30(38-2)20-18-27)25-31(36)35(28-14-9-6-10-15-28)24-29-16-11-22-33(29)23-26-12-7-5-8-13-26/h5,7-8,11-13,16-20,22,28H,3-4,6,9-10,14-15,21,23-25H2,1-2H3. The first-order valence-electron chi connectivity index (χ1n) is 14.0. The first-order valence-corrected chi connectivity index (χ1v) is 14.0. The predicted octanol–water partition coefficient (Wildman–Crippen LogP) is 6.15. The highest BCUT2D eigenvalue weighted by molar-refractivity contribution is 5.96. The molecule has 1 heterocycles. The van der Waals surface area contributed by atoms with Crippen LogP contribution in [0.1, 0.15) is 73.5 Å². The normalized spacial score (nSPS) is 13.7. The molecule has 1 aliphatic carbocycles. The SMILES string of the molecule is CCCCN(CC(=O)N(Cc1cccn1Cc1ccccc1)C1CCCCC1)C(=O)c1ccc(OC)cc1. The lowest BCUT2D eigenvalue weighted by atomic mass is 9.94. The summed E-state index contributed by atoms with van der Waals surface area (Å²) in [5.41, 5.74) is 2.93. The minimum atomic E-state index is -0.106. The Kier molecular flexibility index (Phi) is 10.0. The van der Waals surface area contributed by atoms with Crippen molar-refractivity contribution < 1.29 is 14.3 Å². The van der Waals surface area contributed by atoms with Gasteiger partial charge in [0.15, 0.2) is 0 Å². The maximum absolute atomic E-state index is 14.0. The summed E-state index contributed by atoms with van der Waals surface area (Å²) in [6.07, 6.45) is 9.46. The van der Waals surface area contributed by atoms with Crippen LogP contribution in [0.25, 0.3) is 0 Å². The van der Waals surface area contributed by atoms with Crippen LogP contribution in [0, 0.1) is 0 Å². The lowest BCUT2D eigenvalue weighted by molar-refractivity contribution is -0.135. The largest absolute Gasteiger partial charge is 0.497 e. The summed E-state index contributed by atoms with van der Waals surface area (Å²) >= 11 is 0. The fourth-order valence-corrected chi connectivity index (χ4v) is 5.29. The summed E-state index contributed by atoms with van der Waals surface area (Å²) in [4.78, 5) is 31.2. The highest BCUT2D eigenvalue weighted by atomic mass is 16.5. The third kappa shape index (κ3) is 7.27. The van der Waals surface area contributed by atoms with E-state index in [4.69, 9.17) is 4.74 Å². The Morgan fingerprint density at radius 2 is 1.68 bits per heavy atom. The van der Waals surface area contributed by atoms with Gasteiger partial charge in [-0.05, 0) is 61.2 Å². The van der Waals surface area contributed by atoms with Crippen molar-refractivity contribution in [2.24, 2.45) is 0 Å². The minimum absolute atomic E-state index is 0.0299. The quantitative estimate of drug-likeness (QED) is 0.291. The number of methoxy groups -OCH3 is 1. The van der Waals surface area contributed by atoms with E-state index in [1.54, 1.807) is 36.3 Å². The summed E-state index contributed by atoms with van der Waals surface area (Å²) < 4.78 is 7.48. The summed E-state index contributed by atoms with van der Waals surface area (Å²) in [5.74, 6) is 0.632. The number of ether oxygens (including phenoxy) is 1. The number of aromatic nitrogens is 1. The summed E-state index contributed by atoms with van der Waals surface area (Å²) in [5, 5.41) is 0. The molecule has 6 heteroatoms. The lowest BCUT2D eigenvalue weighted by Gasteiger charge is -2.36. The molecule has 1 saturated carbocycles. The van der Waals surface area contributed by atoms with E-state index in [2.05, 4.69) is 59.0 Å². The molecule has 2 aromatic carbocycles. The Bertz CT molecular complexity index is 1150. The van der Waals surface area contributed by atoms with E-state index in [-0.39, 0.29) is 24.4 Å². The fourth-order valence-electron chi connectivity index (χ4n) is 5.29. The second kappa shape index (κ2) is 13.8. The van der Waals surface area contributed by atoms with Crippen LogP contribution in [0.15, 0.2) is 72.9 Å². The average molecular weight is 516 g/mol. The fraction of sp³-hybridized carbons (Fsp3) is 0.438. The molecule has 0 saturated heterocycles. The van der Waals surface area contributed by atoms with E-state index >= 15 is 0 Å². The first kappa shape index (κ1) is 27.5. The molecule has 38 heavy (non-hydrogen) atoms. The van der Waals surface area contributed by atoms with Gasteiger partial charge in [-0.15, -0.1) is 0 Å². The van der Waals surface area contributed by atoms with Gasteiger partial charge in [-0.1, -0.05) is 62.9 Å². The van der Waals surface area contributed by atoms with E-state index in [1.807, 2.05) is 6.07 Å². The minimum Gasteiger partial charge on any atom is -0.497 e. The molecule has 6 nitrogen and oxygen atoms in total. The number of carbonyl (C=O) groups is 2. The van der Waals surface area contributed by atoms with Crippen molar-refractivity contribution in [2.75, 3.05) is 20.2 Å². The van der Waals surface area contributed by atoms with Gasteiger partial charge >= 0.3 is 0 Å². The van der Waals surface area contributed by atoms with Crippen LogP contribution >= 0.6 is 0 Å². The molecule has 0 radical (unpaired) electrons. The Labute approximate surface area is 227 Å². The Hall–Kier alpha value is -3.54. The molecule has 0 bridgehead atoms. The molecule has 4 rings (SSSR count). The predicted molar refractivity (Wildman–Crippen MR) is 151 cm³/mol. The maximum Gasteiger partial charge on any atom is 0.254 e. The Morgan fingerprint density at radius 1 is 0.947 bits per heavy atom. The summed E-state index contributed by atoms with van der Waals surface area (Å²) in [7, 11) is 1.61. The molecule has 0 unspecified atom stereocenters. The van der Waals surface area contributed by atoms with E-state index in [9.17, 15) is 9.59 Å². The number of hydrogen-bond donors (Lipinski definition) is 0. The highest BCUT2D eigenvalue weighted by Crippen LogP contribution is 2.25. The van der Waals surface area contributed by atoms with Gasteiger partial charge in [-0.2, -0.15) is 0 Å². The number of unbranched alkanes of at least 4 members (excludes halogenated alkanes) is 1. The van der Waals surface area contributed by atoms with Crippen molar-refractivity contribution in [2.45, 2.75) is 71.0 Å². The molecule has 0 atom stereocenters. The van der Waals surface area contributed by atoms with Crippen molar-refractivity contribution in [3.05, 3.63) is 89.7 Å². The van der Waals surface area contributed by atoms with Gasteiger partial charge in [-0.3, -0.25) is 9.59 Å². The number of rotatable bonds is 12. The van der Waals surface area contributed by atoms with Crippen LogP contribution < -0.4 is 4.74 Å². The Morgan fingerprint density at radius 3 is 2.37 bits per heavy atom. The molecule has 0 aliphatic heterocycles. The van der Waals surface area contributed by atoms with Gasteiger partial charge in [0.2, 0.25) is 5.91 Å².